The van der Waals surface area contributed by atoms with E-state index < -0.39 is 27.2 Å². The molecule has 2 rings (SSSR count). The van der Waals surface area contributed by atoms with Gasteiger partial charge in [0.1, 0.15) is 0 Å². The molecule has 5 heteroatoms. The first kappa shape index (κ1) is 16.0. The van der Waals surface area contributed by atoms with Gasteiger partial charge in [0.15, 0.2) is 9.32 Å². The van der Waals surface area contributed by atoms with E-state index in [1.54, 1.807) is 25.3 Å². The molecule has 0 spiro atoms. The maximum absolute atomic E-state index is 11.0. The van der Waals surface area contributed by atoms with Gasteiger partial charge in [0, 0.05) is 6.07 Å². The highest BCUT2D eigenvalue weighted by molar-refractivity contribution is 5.87. The molecule has 0 saturated carbocycles. The molecule has 2 aromatic rings. The molecular formula is C14H12BrIO3. The summed E-state index contributed by atoms with van der Waals surface area (Å²) in [5.41, 5.74) is 0.307. The lowest BCUT2D eigenvalue weighted by Crippen LogP contribution is -3.61. The van der Waals surface area contributed by atoms with E-state index in [0.717, 1.165) is 9.32 Å². The highest BCUT2D eigenvalue weighted by Gasteiger charge is 2.22. The van der Waals surface area contributed by atoms with Crippen LogP contribution in [0.5, 0.6) is 5.75 Å². The average molecular weight is 435 g/mol. The minimum atomic E-state index is -0.907. The normalized spacial score (nSPS) is 9.53. The molecule has 0 bridgehead atoms. The molecule has 0 radical (unpaired) electrons. The number of hydrogen-bond acceptors (Lipinski definition) is 2. The fraction of sp³-hybridized carbons (Fsp3) is 0.0714. The summed E-state index contributed by atoms with van der Waals surface area (Å²) in [5.74, 6) is -0.146. The molecule has 1 N–H and O–H groups in total. The van der Waals surface area contributed by atoms with E-state index in [9.17, 15) is 4.79 Å². The highest BCUT2D eigenvalue weighted by atomic mass is 127. The standard InChI is InChI=1S/C14H11IO3.BrH/c1-18-13-8-7-10(14(16)17)9-12(13)15-11-5-3-2-4-6-11;/h2-9H,1H3;1H. The van der Waals surface area contributed by atoms with Gasteiger partial charge in [-0.2, -0.15) is 0 Å². The molecule has 0 aliphatic heterocycles. The fourth-order valence-corrected chi connectivity index (χ4v) is 4.07. The topological polar surface area (TPSA) is 46.5 Å². The number of benzene rings is 2. The summed E-state index contributed by atoms with van der Waals surface area (Å²) in [5, 5.41) is 9.01. The third-order valence-electron chi connectivity index (χ3n) is 2.34. The Morgan fingerprint density at radius 2 is 1.84 bits per heavy atom. The second kappa shape index (κ2) is 7.49. The maximum Gasteiger partial charge on any atom is 0.362 e. The molecule has 3 nitrogen and oxygen atoms in total. The predicted octanol–water partition coefficient (Wildman–Crippen LogP) is -3.47. The van der Waals surface area contributed by atoms with E-state index in [2.05, 4.69) is 12.1 Å². The molecule has 0 atom stereocenters. The van der Waals surface area contributed by atoms with Gasteiger partial charge in [0.2, 0.25) is 3.57 Å². The van der Waals surface area contributed by atoms with Crippen LogP contribution in [0.4, 0.5) is 0 Å². The predicted molar refractivity (Wildman–Crippen MR) is 63.8 cm³/mol. The number of carboxylic acids is 1. The van der Waals surface area contributed by atoms with Gasteiger partial charge in [-0.3, -0.25) is 0 Å². The van der Waals surface area contributed by atoms with Crippen molar-refractivity contribution in [3.05, 3.63) is 61.2 Å². The molecular weight excluding hydrogens is 423 g/mol. The smallest absolute Gasteiger partial charge is 0.362 e. The zero-order chi connectivity index (χ0) is 13.0. The van der Waals surface area contributed by atoms with Crippen molar-refractivity contribution in [2.24, 2.45) is 0 Å². The second-order valence-corrected chi connectivity index (χ2v) is 6.49. The zero-order valence-electron chi connectivity index (χ0n) is 10.1. The molecule has 0 unspecified atom stereocenters. The van der Waals surface area contributed by atoms with Crippen LogP contribution >= 0.6 is 0 Å². The summed E-state index contributed by atoms with van der Waals surface area (Å²) in [6, 6.07) is 15.1. The molecule has 0 aromatic heterocycles. The van der Waals surface area contributed by atoms with Crippen molar-refractivity contribution in [2.45, 2.75) is 0 Å². The Bertz CT molecular complexity index is 558. The van der Waals surface area contributed by atoms with E-state index in [4.69, 9.17) is 9.84 Å². The third-order valence-corrected chi connectivity index (χ3v) is 5.11. The number of methoxy groups -OCH3 is 1. The first-order chi connectivity index (χ1) is 8.70. The second-order valence-electron chi connectivity index (χ2n) is 3.54. The molecule has 0 amide bonds. The largest absolute Gasteiger partial charge is 1.00 e. The molecule has 0 fully saturated rings. The van der Waals surface area contributed by atoms with Crippen LogP contribution in [0.25, 0.3) is 0 Å². The van der Waals surface area contributed by atoms with Crippen LogP contribution in [0, 0.1) is 7.14 Å². The van der Waals surface area contributed by atoms with Crippen molar-refractivity contribution in [2.75, 3.05) is 7.11 Å². The molecule has 0 aliphatic rings. The van der Waals surface area contributed by atoms with Crippen molar-refractivity contribution in [1.82, 2.24) is 0 Å². The third kappa shape index (κ3) is 4.21. The first-order valence-corrected chi connectivity index (χ1v) is 7.47. The lowest BCUT2D eigenvalue weighted by atomic mass is 10.2. The summed E-state index contributed by atoms with van der Waals surface area (Å²) in [7, 11) is 1.61. The van der Waals surface area contributed by atoms with Gasteiger partial charge in [-0.25, -0.2) is 4.79 Å². The van der Waals surface area contributed by atoms with E-state index in [1.807, 2.05) is 18.2 Å². The molecule has 19 heavy (non-hydrogen) atoms. The minimum Gasteiger partial charge on any atom is -1.00 e. The van der Waals surface area contributed by atoms with Gasteiger partial charge in [-0.15, -0.1) is 0 Å². The lowest BCUT2D eigenvalue weighted by Gasteiger charge is -2.00. The first-order valence-electron chi connectivity index (χ1n) is 5.32. The number of halogens is 2. The van der Waals surface area contributed by atoms with E-state index in [1.165, 1.54) is 3.57 Å². The van der Waals surface area contributed by atoms with Gasteiger partial charge in [-0.1, -0.05) is 18.2 Å². The summed E-state index contributed by atoms with van der Waals surface area (Å²) >= 11 is -0.430. The highest BCUT2D eigenvalue weighted by Crippen LogP contribution is 2.11. The van der Waals surface area contributed by atoms with Gasteiger partial charge in [0.05, 0.1) is 12.7 Å². The zero-order valence-corrected chi connectivity index (χ0v) is 13.9. The summed E-state index contributed by atoms with van der Waals surface area (Å²) in [6.45, 7) is 0. The average Bonchev–Trinajstić information content (AvgIpc) is 2.39. The van der Waals surface area contributed by atoms with Crippen molar-refractivity contribution < 1.29 is 52.8 Å². The summed E-state index contributed by atoms with van der Waals surface area (Å²) in [6.07, 6.45) is 0. The quantitative estimate of drug-likeness (QED) is 0.509. The van der Waals surface area contributed by atoms with Gasteiger partial charge in [0.25, 0.3) is 0 Å². The van der Waals surface area contributed by atoms with Crippen LogP contribution in [0.15, 0.2) is 48.5 Å². The Hall–Kier alpha value is -1.08. The fourth-order valence-electron chi connectivity index (χ4n) is 1.47. The van der Waals surface area contributed by atoms with E-state index in [0.29, 0.717) is 5.56 Å². The van der Waals surface area contributed by atoms with Gasteiger partial charge < -0.3 is 26.8 Å². The summed E-state index contributed by atoms with van der Waals surface area (Å²) in [4.78, 5) is 11.0. The van der Waals surface area contributed by atoms with Crippen LogP contribution in [0.2, 0.25) is 0 Å². The number of rotatable bonds is 4. The SMILES string of the molecule is COc1ccc(C(=O)O)cc1[I+]c1ccccc1.[Br-]. The number of carboxylic acid groups (broad SMARTS) is 1. The van der Waals surface area contributed by atoms with Gasteiger partial charge >= 0.3 is 27.2 Å². The molecule has 0 heterocycles. The Morgan fingerprint density at radius 3 is 2.42 bits per heavy atom. The molecule has 2 aromatic carbocycles. The summed E-state index contributed by atoms with van der Waals surface area (Å²) < 4.78 is 7.51. The molecule has 100 valence electrons. The molecule has 0 saturated heterocycles. The number of hydrogen-bond donors (Lipinski definition) is 1. The Labute approximate surface area is 132 Å². The van der Waals surface area contributed by atoms with Crippen molar-refractivity contribution >= 4 is 5.97 Å². The Balaban J connectivity index is 0.00000180. The van der Waals surface area contributed by atoms with Crippen LogP contribution in [0.1, 0.15) is 10.4 Å². The van der Waals surface area contributed by atoms with E-state index >= 15 is 0 Å². The molecule has 0 aliphatic carbocycles. The van der Waals surface area contributed by atoms with Crippen LogP contribution < -0.4 is 42.9 Å². The monoisotopic (exact) mass is 434 g/mol. The van der Waals surface area contributed by atoms with Crippen molar-refractivity contribution in [3.8, 4) is 5.75 Å². The van der Waals surface area contributed by atoms with Crippen LogP contribution in [0.3, 0.4) is 0 Å². The number of carbonyl (C=O) groups is 1. The number of ether oxygens (including phenoxy) is 1. The lowest BCUT2D eigenvalue weighted by molar-refractivity contribution is -0.598. The number of aromatic carboxylic acids is 1. The van der Waals surface area contributed by atoms with Crippen molar-refractivity contribution in [3.63, 3.8) is 0 Å². The van der Waals surface area contributed by atoms with Crippen molar-refractivity contribution in [1.29, 1.82) is 0 Å². The Kier molecular flexibility index (Phi) is 6.30. The van der Waals surface area contributed by atoms with Crippen LogP contribution in [-0.2, 0) is 0 Å². The van der Waals surface area contributed by atoms with Gasteiger partial charge in [-0.05, 0) is 24.3 Å². The van der Waals surface area contributed by atoms with E-state index in [-0.39, 0.29) is 17.0 Å². The maximum atomic E-state index is 11.0. The minimum absolute atomic E-state index is 0. The Morgan fingerprint density at radius 1 is 1.16 bits per heavy atom. The van der Waals surface area contributed by atoms with Crippen LogP contribution in [-0.4, -0.2) is 18.2 Å².